The Morgan fingerprint density at radius 3 is 2.76 bits per heavy atom. The van der Waals surface area contributed by atoms with Crippen molar-refractivity contribution in [2.45, 2.75) is 6.54 Å². The van der Waals surface area contributed by atoms with Crippen molar-refractivity contribution in [3.8, 4) is 11.5 Å². The van der Waals surface area contributed by atoms with E-state index in [2.05, 4.69) is 5.32 Å². The maximum Gasteiger partial charge on any atom is 0.251 e. The van der Waals surface area contributed by atoms with Gasteiger partial charge in [0.05, 0.1) is 19.1 Å². The Labute approximate surface area is 145 Å². The molecule has 25 heavy (non-hydrogen) atoms. The third-order valence-corrected chi connectivity index (χ3v) is 4.91. The van der Waals surface area contributed by atoms with Gasteiger partial charge in [0, 0.05) is 18.7 Å². The molecule has 0 bridgehead atoms. The highest BCUT2D eigenvalue weighted by Gasteiger charge is 2.19. The number of furan rings is 1. The SMILES string of the molecule is CS(=O)(=O)N(CCNC(=O)c1ccc2c(c1)OCO2)Cc1ccco1. The second-order valence-electron chi connectivity index (χ2n) is 5.50. The van der Waals surface area contributed by atoms with Crippen LogP contribution in [0.3, 0.4) is 0 Å². The number of nitrogens with one attached hydrogen (secondary N) is 1. The standard InChI is InChI=1S/C16H18N2O6S/c1-25(20,21)18(10-13-3-2-8-22-13)7-6-17-16(19)12-4-5-14-15(9-12)24-11-23-14/h2-5,8-9H,6-7,10-11H2,1H3,(H,17,19). The number of fused-ring (bicyclic) bond motifs is 1. The molecule has 1 aliphatic heterocycles. The summed E-state index contributed by atoms with van der Waals surface area (Å²) in [5.74, 6) is 1.33. The molecule has 1 amide bonds. The van der Waals surface area contributed by atoms with Crippen LogP contribution in [0, 0.1) is 0 Å². The molecule has 134 valence electrons. The van der Waals surface area contributed by atoms with Gasteiger partial charge in [0.1, 0.15) is 5.76 Å². The third kappa shape index (κ3) is 4.31. The van der Waals surface area contributed by atoms with E-state index in [-0.39, 0.29) is 32.3 Å². The number of benzene rings is 1. The fourth-order valence-electron chi connectivity index (χ4n) is 2.37. The molecule has 0 radical (unpaired) electrons. The Kier molecular flexibility index (Phi) is 4.95. The first-order valence-electron chi connectivity index (χ1n) is 7.59. The molecule has 0 atom stereocenters. The van der Waals surface area contributed by atoms with Crippen LogP contribution in [0.15, 0.2) is 41.0 Å². The molecule has 3 rings (SSSR count). The minimum absolute atomic E-state index is 0.117. The van der Waals surface area contributed by atoms with Gasteiger partial charge in [-0.25, -0.2) is 8.42 Å². The van der Waals surface area contributed by atoms with Crippen molar-refractivity contribution < 1.29 is 27.1 Å². The number of sulfonamides is 1. The van der Waals surface area contributed by atoms with Crippen molar-refractivity contribution in [3.05, 3.63) is 47.9 Å². The Hall–Kier alpha value is -2.52. The second kappa shape index (κ2) is 7.16. The lowest BCUT2D eigenvalue weighted by molar-refractivity contribution is 0.0951. The topological polar surface area (TPSA) is 98.1 Å². The first-order valence-corrected chi connectivity index (χ1v) is 9.43. The predicted octanol–water partition coefficient (Wildman–Crippen LogP) is 1.20. The van der Waals surface area contributed by atoms with Crippen molar-refractivity contribution >= 4 is 15.9 Å². The summed E-state index contributed by atoms with van der Waals surface area (Å²) in [6.45, 7) is 0.555. The number of carbonyl (C=O) groups excluding carboxylic acids is 1. The molecule has 2 heterocycles. The summed E-state index contributed by atoms with van der Waals surface area (Å²) in [7, 11) is -3.43. The molecule has 1 N–H and O–H groups in total. The van der Waals surface area contributed by atoms with Gasteiger partial charge in [0.15, 0.2) is 11.5 Å². The lowest BCUT2D eigenvalue weighted by atomic mass is 10.2. The number of amides is 1. The summed E-state index contributed by atoms with van der Waals surface area (Å²) in [5.41, 5.74) is 0.418. The first kappa shape index (κ1) is 17.3. The summed E-state index contributed by atoms with van der Waals surface area (Å²) < 4.78 is 40.6. The van der Waals surface area contributed by atoms with E-state index in [1.165, 1.54) is 10.6 Å². The summed E-state index contributed by atoms with van der Waals surface area (Å²) in [5, 5.41) is 2.70. The van der Waals surface area contributed by atoms with Crippen LogP contribution in [0.25, 0.3) is 0 Å². The van der Waals surface area contributed by atoms with E-state index in [4.69, 9.17) is 13.9 Å². The van der Waals surface area contributed by atoms with E-state index in [1.54, 1.807) is 30.3 Å². The summed E-state index contributed by atoms with van der Waals surface area (Å²) in [6, 6.07) is 8.27. The highest BCUT2D eigenvalue weighted by molar-refractivity contribution is 7.88. The van der Waals surface area contributed by atoms with Crippen molar-refractivity contribution in [2.24, 2.45) is 0 Å². The lowest BCUT2D eigenvalue weighted by Crippen LogP contribution is -2.37. The fraction of sp³-hybridized carbons (Fsp3) is 0.312. The summed E-state index contributed by atoms with van der Waals surface area (Å²) in [4.78, 5) is 12.2. The highest BCUT2D eigenvalue weighted by Crippen LogP contribution is 2.32. The molecule has 8 nitrogen and oxygen atoms in total. The first-order chi connectivity index (χ1) is 11.9. The molecule has 2 aromatic rings. The van der Waals surface area contributed by atoms with Crippen LogP contribution < -0.4 is 14.8 Å². The number of rotatable bonds is 7. The van der Waals surface area contributed by atoms with E-state index in [1.807, 2.05) is 0 Å². The van der Waals surface area contributed by atoms with E-state index < -0.39 is 10.0 Å². The van der Waals surface area contributed by atoms with Gasteiger partial charge in [-0.1, -0.05) is 0 Å². The highest BCUT2D eigenvalue weighted by atomic mass is 32.2. The number of nitrogens with zero attached hydrogens (tertiary/aromatic N) is 1. The zero-order valence-corrected chi connectivity index (χ0v) is 14.4. The van der Waals surface area contributed by atoms with Crippen molar-refractivity contribution in [3.63, 3.8) is 0 Å². The van der Waals surface area contributed by atoms with Gasteiger partial charge >= 0.3 is 0 Å². The van der Waals surface area contributed by atoms with E-state index >= 15 is 0 Å². The van der Waals surface area contributed by atoms with Gasteiger partial charge in [0.25, 0.3) is 5.91 Å². The second-order valence-corrected chi connectivity index (χ2v) is 7.48. The minimum atomic E-state index is -3.43. The molecular formula is C16H18N2O6S. The number of ether oxygens (including phenoxy) is 2. The Balaban J connectivity index is 1.57. The van der Waals surface area contributed by atoms with E-state index in [9.17, 15) is 13.2 Å². The molecule has 9 heteroatoms. The summed E-state index contributed by atoms with van der Waals surface area (Å²) >= 11 is 0. The monoisotopic (exact) mass is 366 g/mol. The van der Waals surface area contributed by atoms with Crippen LogP contribution in [0.5, 0.6) is 11.5 Å². The van der Waals surface area contributed by atoms with E-state index in [0.717, 1.165) is 6.26 Å². The molecule has 0 aliphatic carbocycles. The van der Waals surface area contributed by atoms with Gasteiger partial charge in [-0.15, -0.1) is 0 Å². The molecule has 1 aromatic heterocycles. The van der Waals surface area contributed by atoms with Gasteiger partial charge in [0.2, 0.25) is 16.8 Å². The van der Waals surface area contributed by atoms with Crippen LogP contribution in [-0.4, -0.2) is 44.8 Å². The number of hydrogen-bond donors (Lipinski definition) is 1. The average Bonchev–Trinajstić information content (AvgIpc) is 3.23. The van der Waals surface area contributed by atoms with Crippen LogP contribution in [0.2, 0.25) is 0 Å². The average molecular weight is 366 g/mol. The summed E-state index contributed by atoms with van der Waals surface area (Å²) in [6.07, 6.45) is 2.60. The molecule has 1 aliphatic rings. The van der Waals surface area contributed by atoms with Gasteiger partial charge < -0.3 is 19.2 Å². The Bertz CT molecular complexity index is 848. The number of hydrogen-bond acceptors (Lipinski definition) is 6. The van der Waals surface area contributed by atoms with Gasteiger partial charge in [-0.05, 0) is 30.3 Å². The van der Waals surface area contributed by atoms with E-state index in [0.29, 0.717) is 22.8 Å². The Morgan fingerprint density at radius 2 is 2.04 bits per heavy atom. The molecule has 0 spiro atoms. The normalized spacial score (nSPS) is 13.2. The molecular weight excluding hydrogens is 348 g/mol. The maximum absolute atomic E-state index is 12.2. The van der Waals surface area contributed by atoms with Crippen LogP contribution >= 0.6 is 0 Å². The predicted molar refractivity (Wildman–Crippen MR) is 88.9 cm³/mol. The van der Waals surface area contributed by atoms with Crippen LogP contribution in [0.1, 0.15) is 16.1 Å². The van der Waals surface area contributed by atoms with Gasteiger partial charge in [-0.3, -0.25) is 4.79 Å². The fourth-order valence-corrected chi connectivity index (χ4v) is 3.16. The Morgan fingerprint density at radius 1 is 1.24 bits per heavy atom. The molecule has 0 fully saturated rings. The van der Waals surface area contributed by atoms with Gasteiger partial charge in [-0.2, -0.15) is 4.31 Å². The van der Waals surface area contributed by atoms with Crippen molar-refractivity contribution in [1.82, 2.24) is 9.62 Å². The smallest absolute Gasteiger partial charge is 0.251 e. The maximum atomic E-state index is 12.2. The van der Waals surface area contributed by atoms with Crippen LogP contribution in [0.4, 0.5) is 0 Å². The zero-order chi connectivity index (χ0) is 17.9. The van der Waals surface area contributed by atoms with Crippen molar-refractivity contribution in [1.29, 1.82) is 0 Å². The largest absolute Gasteiger partial charge is 0.468 e. The molecule has 0 unspecified atom stereocenters. The molecule has 1 aromatic carbocycles. The van der Waals surface area contributed by atoms with Crippen molar-refractivity contribution in [2.75, 3.05) is 26.1 Å². The molecule has 0 saturated carbocycles. The zero-order valence-electron chi connectivity index (χ0n) is 13.6. The minimum Gasteiger partial charge on any atom is -0.468 e. The third-order valence-electron chi connectivity index (χ3n) is 3.66. The molecule has 0 saturated heterocycles. The quantitative estimate of drug-likeness (QED) is 0.791. The van der Waals surface area contributed by atoms with Crippen LogP contribution in [-0.2, 0) is 16.6 Å². The lowest BCUT2D eigenvalue weighted by Gasteiger charge is -2.19. The number of carbonyl (C=O) groups is 1.